The summed E-state index contributed by atoms with van der Waals surface area (Å²) >= 11 is 0. The number of hydrogen-bond donors (Lipinski definition) is 0. The maximum absolute atomic E-state index is 6.56. The number of aromatic nitrogens is 5. The lowest BCUT2D eigenvalue weighted by Crippen LogP contribution is -2.41. The first-order valence-electron chi connectivity index (χ1n) is 13.9. The predicted octanol–water partition coefficient (Wildman–Crippen LogP) is 5.85. The molecule has 6 nitrogen and oxygen atoms in total. The Morgan fingerprint density at radius 1 is 0.683 bits per heavy atom. The molecule has 2 unspecified atom stereocenters. The molecule has 8 rings (SSSR count). The van der Waals surface area contributed by atoms with Crippen LogP contribution in [0.4, 0.5) is 0 Å². The first-order chi connectivity index (χ1) is 19.9. The lowest BCUT2D eigenvalue weighted by molar-refractivity contribution is 0.353. The van der Waals surface area contributed by atoms with Crippen molar-refractivity contribution in [2.75, 3.05) is 0 Å². The Morgan fingerprint density at radius 2 is 1.32 bits per heavy atom. The fourth-order valence-corrected chi connectivity index (χ4v) is 6.87. The van der Waals surface area contributed by atoms with E-state index in [1.807, 2.05) is 42.5 Å². The maximum atomic E-state index is 6.56. The molecule has 198 valence electrons. The second kappa shape index (κ2) is 8.51. The lowest BCUT2D eigenvalue weighted by Gasteiger charge is -2.35. The highest BCUT2D eigenvalue weighted by molar-refractivity contribution is 5.85. The lowest BCUT2D eigenvalue weighted by atomic mass is 9.67. The Bertz CT molecular complexity index is 2040. The van der Waals surface area contributed by atoms with Gasteiger partial charge in [0.25, 0.3) is 0 Å². The molecule has 0 amide bonds. The van der Waals surface area contributed by atoms with Crippen LogP contribution in [0.5, 0.6) is 0 Å². The number of pyridine rings is 2. The molecular weight excluding hydrogens is 506 g/mol. The fraction of sp³-hybridized carbons (Fsp3) is 0.171. The highest BCUT2D eigenvalue weighted by Gasteiger charge is 2.52. The number of fused-ring (bicyclic) bond motifs is 6. The predicted molar refractivity (Wildman–Crippen MR) is 160 cm³/mol. The van der Waals surface area contributed by atoms with Crippen molar-refractivity contribution >= 4 is 23.1 Å². The van der Waals surface area contributed by atoms with Crippen LogP contribution in [0.3, 0.4) is 0 Å². The van der Waals surface area contributed by atoms with Crippen molar-refractivity contribution in [3.05, 3.63) is 113 Å². The van der Waals surface area contributed by atoms with Crippen molar-refractivity contribution in [3.63, 3.8) is 0 Å². The average Bonchev–Trinajstić information content (AvgIpc) is 3.45. The molecule has 0 bridgehead atoms. The van der Waals surface area contributed by atoms with Gasteiger partial charge in [-0.3, -0.25) is 9.97 Å². The van der Waals surface area contributed by atoms with Crippen molar-refractivity contribution in [3.8, 4) is 34.4 Å². The topological polar surface area (TPSA) is 77.6 Å². The second-order valence-electron chi connectivity index (χ2n) is 11.7. The summed E-state index contributed by atoms with van der Waals surface area (Å²) in [6.07, 6.45) is 8.24. The number of nitrogens with zero attached hydrogens (tertiary/aromatic N) is 5. The van der Waals surface area contributed by atoms with Gasteiger partial charge in [-0.25, -0.2) is 15.0 Å². The minimum Gasteiger partial charge on any atom is -0.456 e. The van der Waals surface area contributed by atoms with Crippen molar-refractivity contribution in [2.45, 2.75) is 31.6 Å². The molecule has 2 aliphatic rings. The Hall–Kier alpha value is -4.97. The van der Waals surface area contributed by atoms with Crippen molar-refractivity contribution in [1.82, 2.24) is 24.9 Å². The zero-order chi connectivity index (χ0) is 27.8. The molecule has 6 heteroatoms. The van der Waals surface area contributed by atoms with E-state index >= 15 is 0 Å². The van der Waals surface area contributed by atoms with Gasteiger partial charge in [0, 0.05) is 39.9 Å². The molecule has 0 saturated heterocycles. The molecule has 6 aromatic rings. The second-order valence-corrected chi connectivity index (χ2v) is 11.7. The quantitative estimate of drug-likeness (QED) is 0.284. The molecule has 2 aromatic carbocycles. The van der Waals surface area contributed by atoms with Crippen LogP contribution in [0.15, 0.2) is 95.7 Å². The molecule has 2 atom stereocenters. The summed E-state index contributed by atoms with van der Waals surface area (Å²) in [6.45, 7) is 7.06. The van der Waals surface area contributed by atoms with Crippen LogP contribution in [0, 0.1) is 5.92 Å². The largest absolute Gasteiger partial charge is 0.456 e. The van der Waals surface area contributed by atoms with Gasteiger partial charge in [-0.05, 0) is 59.0 Å². The molecule has 41 heavy (non-hydrogen) atoms. The minimum absolute atomic E-state index is 0.0116. The monoisotopic (exact) mass is 533 g/mol. The molecule has 0 fully saturated rings. The van der Waals surface area contributed by atoms with E-state index in [1.165, 1.54) is 11.1 Å². The van der Waals surface area contributed by atoms with Crippen molar-refractivity contribution in [1.29, 1.82) is 0 Å². The van der Waals surface area contributed by atoms with Gasteiger partial charge in [0.05, 0.1) is 0 Å². The normalized spacial score (nSPS) is 20.0. The SMILES string of the molecule is CC1(C)c2ccccc2C2(C)C=c3oc4cc(-c5nc(-c6ccccn6)nc(-c6ccccn6)n5)ccc4c3=CC12. The van der Waals surface area contributed by atoms with E-state index in [1.54, 1.807) is 12.4 Å². The zero-order valence-corrected chi connectivity index (χ0v) is 23.0. The number of benzene rings is 2. The van der Waals surface area contributed by atoms with E-state index in [0.717, 1.165) is 27.2 Å². The molecule has 4 heterocycles. The molecule has 2 aliphatic carbocycles. The summed E-state index contributed by atoms with van der Waals surface area (Å²) < 4.78 is 6.56. The van der Waals surface area contributed by atoms with Crippen LogP contribution >= 0.6 is 0 Å². The van der Waals surface area contributed by atoms with E-state index in [2.05, 4.69) is 79.3 Å². The molecule has 0 N–H and O–H groups in total. The standard InChI is InChI=1S/C35H27N5O/c1-34(2)24-10-4-5-11-25(24)35(3)20-29-23(19-30(34)35)22-15-14-21(18-28(22)41-29)31-38-32(26-12-6-8-16-36-26)40-33(39-31)27-13-7-9-17-37-27/h4-20,30H,1-3H3. The van der Waals surface area contributed by atoms with Gasteiger partial charge in [0.15, 0.2) is 17.5 Å². The molecule has 0 spiro atoms. The van der Waals surface area contributed by atoms with Gasteiger partial charge in [-0.2, -0.15) is 0 Å². The van der Waals surface area contributed by atoms with Gasteiger partial charge < -0.3 is 4.42 Å². The Labute approximate surface area is 237 Å². The first kappa shape index (κ1) is 23.9. The van der Waals surface area contributed by atoms with Gasteiger partial charge in [-0.15, -0.1) is 0 Å². The van der Waals surface area contributed by atoms with Crippen molar-refractivity contribution in [2.24, 2.45) is 5.92 Å². The third-order valence-electron chi connectivity index (χ3n) is 8.83. The summed E-state index contributed by atoms with van der Waals surface area (Å²) in [5.41, 5.74) is 6.61. The summed E-state index contributed by atoms with van der Waals surface area (Å²) in [7, 11) is 0. The van der Waals surface area contributed by atoms with E-state index in [-0.39, 0.29) is 10.8 Å². The van der Waals surface area contributed by atoms with Gasteiger partial charge in [0.1, 0.15) is 22.4 Å². The van der Waals surface area contributed by atoms with Crippen LogP contribution in [0.2, 0.25) is 0 Å². The summed E-state index contributed by atoms with van der Waals surface area (Å²) in [5, 5.41) is 2.26. The third-order valence-corrected chi connectivity index (χ3v) is 8.83. The Morgan fingerprint density at radius 3 is 1.98 bits per heavy atom. The summed E-state index contributed by atoms with van der Waals surface area (Å²) in [5.74, 6) is 1.87. The van der Waals surface area contributed by atoms with E-state index in [0.29, 0.717) is 34.8 Å². The molecule has 0 radical (unpaired) electrons. The smallest absolute Gasteiger partial charge is 0.182 e. The van der Waals surface area contributed by atoms with Crippen molar-refractivity contribution < 1.29 is 4.42 Å². The maximum Gasteiger partial charge on any atom is 0.182 e. The zero-order valence-electron chi connectivity index (χ0n) is 23.0. The highest BCUT2D eigenvalue weighted by Crippen LogP contribution is 2.56. The van der Waals surface area contributed by atoms with Gasteiger partial charge in [-0.1, -0.05) is 69.3 Å². The van der Waals surface area contributed by atoms with E-state index in [4.69, 9.17) is 19.4 Å². The first-order valence-corrected chi connectivity index (χ1v) is 13.9. The van der Waals surface area contributed by atoms with Crippen LogP contribution in [0.25, 0.3) is 57.5 Å². The molecule has 0 saturated carbocycles. The molecular formula is C35H27N5O. The van der Waals surface area contributed by atoms with E-state index in [9.17, 15) is 0 Å². The fourth-order valence-electron chi connectivity index (χ4n) is 6.87. The Balaban J connectivity index is 1.30. The average molecular weight is 534 g/mol. The Kier molecular flexibility index (Phi) is 4.96. The minimum atomic E-state index is -0.132. The summed E-state index contributed by atoms with van der Waals surface area (Å²) in [4.78, 5) is 23.3. The summed E-state index contributed by atoms with van der Waals surface area (Å²) in [6, 6.07) is 26.5. The molecule has 4 aromatic heterocycles. The molecule has 0 aliphatic heterocycles. The third kappa shape index (κ3) is 3.53. The van der Waals surface area contributed by atoms with Crippen LogP contribution < -0.4 is 10.6 Å². The number of rotatable bonds is 3. The van der Waals surface area contributed by atoms with Gasteiger partial charge in [0.2, 0.25) is 0 Å². The van der Waals surface area contributed by atoms with Crippen LogP contribution in [-0.4, -0.2) is 24.9 Å². The number of hydrogen-bond acceptors (Lipinski definition) is 6. The highest BCUT2D eigenvalue weighted by atomic mass is 16.3. The van der Waals surface area contributed by atoms with E-state index < -0.39 is 0 Å². The van der Waals surface area contributed by atoms with Gasteiger partial charge >= 0.3 is 0 Å². The van der Waals surface area contributed by atoms with Crippen LogP contribution in [0.1, 0.15) is 31.9 Å². The number of furan rings is 1. The van der Waals surface area contributed by atoms with Crippen LogP contribution in [-0.2, 0) is 10.8 Å².